The van der Waals surface area contributed by atoms with Gasteiger partial charge in [-0.1, -0.05) is 30.3 Å². The molecule has 6 heteroatoms. The first-order valence-corrected chi connectivity index (χ1v) is 7.27. The lowest BCUT2D eigenvalue weighted by atomic mass is 10.1. The second kappa shape index (κ2) is 8.87. The maximum atomic E-state index is 12.4. The van der Waals surface area contributed by atoms with Gasteiger partial charge in [-0.05, 0) is 27.9 Å². The molecule has 1 aromatic heterocycles. The van der Waals surface area contributed by atoms with Gasteiger partial charge in [-0.2, -0.15) is 0 Å². The summed E-state index contributed by atoms with van der Waals surface area (Å²) >= 11 is 3.20. The second-order valence-electron chi connectivity index (χ2n) is 4.46. The molecule has 0 saturated heterocycles. The number of nitrogens with two attached hydrogens (primary N) is 1. The van der Waals surface area contributed by atoms with Gasteiger partial charge in [0.25, 0.3) is 5.91 Å². The maximum absolute atomic E-state index is 12.4. The molecule has 21 heavy (non-hydrogen) atoms. The molecule has 0 aliphatic rings. The summed E-state index contributed by atoms with van der Waals surface area (Å²) in [6.07, 6.45) is 2.27. The van der Waals surface area contributed by atoms with Gasteiger partial charge in [0, 0.05) is 25.7 Å². The van der Waals surface area contributed by atoms with Crippen LogP contribution in [-0.4, -0.2) is 30.4 Å². The fraction of sp³-hybridized carbons (Fsp3) is 0.267. The first-order valence-electron chi connectivity index (χ1n) is 6.48. The normalized spacial score (nSPS) is 10.0. The number of hydrogen-bond donors (Lipinski definition) is 1. The Bertz CT molecular complexity index is 560. The lowest BCUT2D eigenvalue weighted by Gasteiger charge is -2.21. The quantitative estimate of drug-likeness (QED) is 0.846. The highest BCUT2D eigenvalue weighted by molar-refractivity contribution is 9.10. The van der Waals surface area contributed by atoms with Gasteiger partial charge in [0.2, 0.25) is 0 Å². The largest absolute Gasteiger partial charge is 0.457 e. The van der Waals surface area contributed by atoms with E-state index in [1.165, 1.54) is 11.8 Å². The first kappa shape index (κ1) is 17.8. The second-order valence-corrected chi connectivity index (χ2v) is 5.24. The Balaban J connectivity index is 0.00000220. The van der Waals surface area contributed by atoms with E-state index in [9.17, 15) is 4.79 Å². The van der Waals surface area contributed by atoms with Crippen molar-refractivity contribution in [3.63, 3.8) is 0 Å². The first-order chi connectivity index (χ1) is 9.70. The van der Waals surface area contributed by atoms with Crippen molar-refractivity contribution < 1.29 is 9.21 Å². The van der Waals surface area contributed by atoms with Crippen molar-refractivity contribution in [2.24, 2.45) is 5.73 Å². The molecule has 0 unspecified atom stereocenters. The smallest absolute Gasteiger partial charge is 0.257 e. The zero-order valence-electron chi connectivity index (χ0n) is 11.5. The van der Waals surface area contributed by atoms with Crippen LogP contribution in [0.3, 0.4) is 0 Å². The minimum atomic E-state index is -0.0548. The Morgan fingerprint density at radius 1 is 1.24 bits per heavy atom. The molecular formula is C15H18BrClN2O2. The molecule has 0 saturated carbocycles. The predicted octanol–water partition coefficient (Wildman–Crippen LogP) is 3.11. The number of hydrogen-bond acceptors (Lipinski definition) is 3. The van der Waals surface area contributed by atoms with Gasteiger partial charge < -0.3 is 15.1 Å². The maximum Gasteiger partial charge on any atom is 0.257 e. The molecule has 114 valence electrons. The number of halogens is 2. The van der Waals surface area contributed by atoms with E-state index in [0.717, 1.165) is 6.42 Å². The van der Waals surface area contributed by atoms with Gasteiger partial charge in [0.05, 0.1) is 5.56 Å². The third-order valence-corrected chi connectivity index (χ3v) is 3.43. The molecule has 0 radical (unpaired) electrons. The van der Waals surface area contributed by atoms with Crippen LogP contribution in [0.5, 0.6) is 0 Å². The Labute approximate surface area is 138 Å². The molecule has 0 bridgehead atoms. The number of rotatable bonds is 6. The molecular weight excluding hydrogens is 356 g/mol. The van der Waals surface area contributed by atoms with Crippen LogP contribution in [0.2, 0.25) is 0 Å². The van der Waals surface area contributed by atoms with Crippen LogP contribution in [0.25, 0.3) is 0 Å². The SMILES string of the molecule is Cl.NCCN(CCc1ccccc1)C(=O)c1coc(Br)c1. The highest BCUT2D eigenvalue weighted by Crippen LogP contribution is 2.16. The van der Waals surface area contributed by atoms with Crippen molar-refractivity contribution in [2.45, 2.75) is 6.42 Å². The monoisotopic (exact) mass is 372 g/mol. The van der Waals surface area contributed by atoms with Crippen LogP contribution in [-0.2, 0) is 6.42 Å². The molecule has 0 spiro atoms. The third kappa shape index (κ3) is 5.19. The number of amides is 1. The minimum absolute atomic E-state index is 0. The summed E-state index contributed by atoms with van der Waals surface area (Å²) in [5.41, 5.74) is 7.34. The topological polar surface area (TPSA) is 59.5 Å². The summed E-state index contributed by atoms with van der Waals surface area (Å²) in [6.45, 7) is 1.62. The lowest BCUT2D eigenvalue weighted by molar-refractivity contribution is 0.0761. The van der Waals surface area contributed by atoms with E-state index in [2.05, 4.69) is 28.1 Å². The Hall–Kier alpha value is -1.30. The number of nitrogens with zero attached hydrogens (tertiary/aromatic N) is 1. The standard InChI is InChI=1S/C15H17BrN2O2.ClH/c16-14-10-13(11-20-14)15(19)18(9-7-17)8-6-12-4-2-1-3-5-12;/h1-5,10-11H,6-9,17H2;1H. The van der Waals surface area contributed by atoms with E-state index in [0.29, 0.717) is 29.9 Å². The molecule has 0 aliphatic heterocycles. The van der Waals surface area contributed by atoms with Crippen molar-refractivity contribution in [2.75, 3.05) is 19.6 Å². The summed E-state index contributed by atoms with van der Waals surface area (Å²) in [5.74, 6) is -0.0548. The fourth-order valence-corrected chi connectivity index (χ4v) is 2.32. The van der Waals surface area contributed by atoms with Crippen LogP contribution in [0, 0.1) is 0 Å². The predicted molar refractivity (Wildman–Crippen MR) is 88.8 cm³/mol. The Morgan fingerprint density at radius 2 is 1.95 bits per heavy atom. The summed E-state index contributed by atoms with van der Waals surface area (Å²) in [7, 11) is 0. The van der Waals surface area contributed by atoms with Crippen LogP contribution in [0.1, 0.15) is 15.9 Å². The fourth-order valence-electron chi connectivity index (χ4n) is 1.98. The van der Waals surface area contributed by atoms with Gasteiger partial charge in [0.1, 0.15) is 6.26 Å². The average molecular weight is 374 g/mol. The zero-order chi connectivity index (χ0) is 14.4. The third-order valence-electron chi connectivity index (χ3n) is 3.01. The van der Waals surface area contributed by atoms with E-state index in [4.69, 9.17) is 10.2 Å². The summed E-state index contributed by atoms with van der Waals surface area (Å²) < 4.78 is 5.67. The Morgan fingerprint density at radius 3 is 2.52 bits per heavy atom. The van der Waals surface area contributed by atoms with Crippen LogP contribution in [0.15, 0.2) is 51.7 Å². The van der Waals surface area contributed by atoms with Crippen LogP contribution < -0.4 is 5.73 Å². The molecule has 1 aromatic carbocycles. The molecule has 1 heterocycles. The summed E-state index contributed by atoms with van der Waals surface area (Å²) in [5, 5.41) is 0. The lowest BCUT2D eigenvalue weighted by Crippen LogP contribution is -2.36. The number of furan rings is 1. The van der Waals surface area contributed by atoms with Gasteiger partial charge in [-0.15, -0.1) is 12.4 Å². The molecule has 2 N–H and O–H groups in total. The van der Waals surface area contributed by atoms with E-state index in [-0.39, 0.29) is 18.3 Å². The zero-order valence-corrected chi connectivity index (χ0v) is 13.9. The van der Waals surface area contributed by atoms with E-state index in [1.807, 2.05) is 18.2 Å². The number of carbonyl (C=O) groups is 1. The van der Waals surface area contributed by atoms with Gasteiger partial charge in [-0.3, -0.25) is 4.79 Å². The Kier molecular flexibility index (Phi) is 7.50. The number of carbonyl (C=O) groups excluding carboxylic acids is 1. The molecule has 2 aromatic rings. The van der Waals surface area contributed by atoms with Crippen molar-refractivity contribution in [3.8, 4) is 0 Å². The van der Waals surface area contributed by atoms with Gasteiger partial charge in [0.15, 0.2) is 4.67 Å². The number of benzene rings is 1. The highest BCUT2D eigenvalue weighted by Gasteiger charge is 2.17. The van der Waals surface area contributed by atoms with Crippen LogP contribution in [0.4, 0.5) is 0 Å². The van der Waals surface area contributed by atoms with Crippen molar-refractivity contribution in [3.05, 3.63) is 58.5 Å². The van der Waals surface area contributed by atoms with E-state index in [1.54, 1.807) is 11.0 Å². The minimum Gasteiger partial charge on any atom is -0.457 e. The molecule has 0 aliphatic carbocycles. The van der Waals surface area contributed by atoms with Gasteiger partial charge in [-0.25, -0.2) is 0 Å². The van der Waals surface area contributed by atoms with Gasteiger partial charge >= 0.3 is 0 Å². The summed E-state index contributed by atoms with van der Waals surface area (Å²) in [6, 6.07) is 11.8. The van der Waals surface area contributed by atoms with Crippen LogP contribution >= 0.6 is 28.3 Å². The highest BCUT2D eigenvalue weighted by atomic mass is 79.9. The summed E-state index contributed by atoms with van der Waals surface area (Å²) in [4.78, 5) is 14.1. The van der Waals surface area contributed by atoms with Crippen molar-refractivity contribution in [1.29, 1.82) is 0 Å². The van der Waals surface area contributed by atoms with E-state index < -0.39 is 0 Å². The molecule has 0 fully saturated rings. The van der Waals surface area contributed by atoms with E-state index >= 15 is 0 Å². The molecule has 1 amide bonds. The van der Waals surface area contributed by atoms with Crippen molar-refractivity contribution in [1.82, 2.24) is 4.90 Å². The molecule has 4 nitrogen and oxygen atoms in total. The molecule has 2 rings (SSSR count). The average Bonchev–Trinajstić information content (AvgIpc) is 2.90. The molecule has 0 atom stereocenters. The van der Waals surface area contributed by atoms with Crippen molar-refractivity contribution >= 4 is 34.2 Å².